The van der Waals surface area contributed by atoms with E-state index in [0.29, 0.717) is 22.5 Å². The molecule has 2 aromatic rings. The first-order valence-corrected chi connectivity index (χ1v) is 9.27. The van der Waals surface area contributed by atoms with Crippen molar-refractivity contribution in [2.45, 2.75) is 0 Å². The highest BCUT2D eigenvalue weighted by Gasteiger charge is 2.10. The standard InChI is InChI=1S/C19H24N4O3S/c1-24-16-4-2-3-5-17(16)26-18-7-6-15(14-21-18)22-19(27)20-8-9-23-10-12-25-13-11-23/h2-7,14H,8-13H2,1H3,(H2,20,22,27). The Labute approximate surface area is 164 Å². The zero-order chi connectivity index (χ0) is 18.9. The highest BCUT2D eigenvalue weighted by atomic mass is 32.1. The van der Waals surface area contributed by atoms with Crippen molar-refractivity contribution in [3.8, 4) is 17.4 Å². The molecule has 1 fully saturated rings. The first-order chi connectivity index (χ1) is 13.2. The normalized spacial score (nSPS) is 14.4. The number of ether oxygens (including phenoxy) is 3. The van der Waals surface area contributed by atoms with Crippen LogP contribution >= 0.6 is 12.2 Å². The van der Waals surface area contributed by atoms with Crippen LogP contribution in [-0.2, 0) is 4.74 Å². The molecule has 0 bridgehead atoms. The summed E-state index contributed by atoms with van der Waals surface area (Å²) in [5.41, 5.74) is 0.797. The minimum Gasteiger partial charge on any atom is -0.493 e. The van der Waals surface area contributed by atoms with E-state index in [0.717, 1.165) is 45.1 Å². The van der Waals surface area contributed by atoms with Gasteiger partial charge in [0.05, 0.1) is 32.2 Å². The maximum Gasteiger partial charge on any atom is 0.219 e. The van der Waals surface area contributed by atoms with E-state index in [9.17, 15) is 0 Å². The molecule has 0 amide bonds. The Kier molecular flexibility index (Phi) is 7.20. The highest BCUT2D eigenvalue weighted by Crippen LogP contribution is 2.30. The molecule has 1 aliphatic rings. The number of anilines is 1. The monoisotopic (exact) mass is 388 g/mol. The van der Waals surface area contributed by atoms with E-state index in [1.165, 1.54) is 0 Å². The molecule has 3 rings (SSSR count). The second-order valence-electron chi connectivity index (χ2n) is 5.97. The van der Waals surface area contributed by atoms with Crippen molar-refractivity contribution in [1.29, 1.82) is 0 Å². The number of pyridine rings is 1. The lowest BCUT2D eigenvalue weighted by Crippen LogP contribution is -2.42. The van der Waals surface area contributed by atoms with Gasteiger partial charge in [-0.3, -0.25) is 4.90 Å². The first-order valence-electron chi connectivity index (χ1n) is 8.86. The summed E-state index contributed by atoms with van der Waals surface area (Å²) in [6.07, 6.45) is 1.68. The van der Waals surface area contributed by atoms with Gasteiger partial charge in [-0.25, -0.2) is 4.98 Å². The molecule has 0 atom stereocenters. The second kappa shape index (κ2) is 10.1. The number of methoxy groups -OCH3 is 1. The van der Waals surface area contributed by atoms with Crippen LogP contribution in [0.2, 0.25) is 0 Å². The van der Waals surface area contributed by atoms with Gasteiger partial charge in [0.2, 0.25) is 5.88 Å². The van der Waals surface area contributed by atoms with Crippen molar-refractivity contribution in [2.75, 3.05) is 51.8 Å². The molecule has 1 aromatic heterocycles. The summed E-state index contributed by atoms with van der Waals surface area (Å²) in [5, 5.41) is 6.91. The summed E-state index contributed by atoms with van der Waals surface area (Å²) in [5.74, 6) is 1.76. The fourth-order valence-electron chi connectivity index (χ4n) is 2.66. The first kappa shape index (κ1) is 19.3. The molecule has 0 unspecified atom stereocenters. The van der Waals surface area contributed by atoms with Gasteiger partial charge in [-0.2, -0.15) is 0 Å². The van der Waals surface area contributed by atoms with Gasteiger partial charge in [-0.05, 0) is 30.4 Å². The molecule has 1 saturated heterocycles. The average molecular weight is 388 g/mol. The minimum atomic E-state index is 0.483. The SMILES string of the molecule is COc1ccccc1Oc1ccc(NC(=S)NCCN2CCOCC2)cn1. The van der Waals surface area contributed by atoms with E-state index >= 15 is 0 Å². The smallest absolute Gasteiger partial charge is 0.219 e. The Bertz CT molecular complexity index is 736. The van der Waals surface area contributed by atoms with E-state index in [-0.39, 0.29) is 0 Å². The van der Waals surface area contributed by atoms with Crippen LogP contribution in [0.25, 0.3) is 0 Å². The van der Waals surface area contributed by atoms with Crippen molar-refractivity contribution in [3.63, 3.8) is 0 Å². The van der Waals surface area contributed by atoms with Gasteiger partial charge in [-0.15, -0.1) is 0 Å². The molecule has 8 heteroatoms. The van der Waals surface area contributed by atoms with E-state index in [2.05, 4.69) is 20.5 Å². The molecule has 27 heavy (non-hydrogen) atoms. The van der Waals surface area contributed by atoms with Gasteiger partial charge < -0.3 is 24.8 Å². The van der Waals surface area contributed by atoms with Crippen LogP contribution in [0.1, 0.15) is 0 Å². The van der Waals surface area contributed by atoms with E-state index in [1.807, 2.05) is 30.3 Å². The van der Waals surface area contributed by atoms with Crippen LogP contribution < -0.4 is 20.1 Å². The number of benzene rings is 1. The Balaban J connectivity index is 1.45. The minimum absolute atomic E-state index is 0.483. The summed E-state index contributed by atoms with van der Waals surface area (Å²) < 4.78 is 16.4. The summed E-state index contributed by atoms with van der Waals surface area (Å²) in [4.78, 5) is 6.66. The Morgan fingerprint density at radius 3 is 2.67 bits per heavy atom. The summed E-state index contributed by atoms with van der Waals surface area (Å²) in [6, 6.07) is 11.1. The van der Waals surface area contributed by atoms with Crippen molar-refractivity contribution in [1.82, 2.24) is 15.2 Å². The molecular formula is C19H24N4O3S. The lowest BCUT2D eigenvalue weighted by molar-refractivity contribution is 0.0389. The largest absolute Gasteiger partial charge is 0.493 e. The zero-order valence-electron chi connectivity index (χ0n) is 15.3. The molecule has 2 N–H and O–H groups in total. The topological polar surface area (TPSA) is 67.9 Å². The molecular weight excluding hydrogens is 364 g/mol. The maximum atomic E-state index is 5.76. The van der Waals surface area contributed by atoms with E-state index < -0.39 is 0 Å². The third kappa shape index (κ3) is 6.06. The van der Waals surface area contributed by atoms with Gasteiger partial charge in [0.25, 0.3) is 0 Å². The number of nitrogens with zero attached hydrogens (tertiary/aromatic N) is 2. The molecule has 7 nitrogen and oxygen atoms in total. The molecule has 144 valence electrons. The number of nitrogens with one attached hydrogen (secondary N) is 2. The van der Waals surface area contributed by atoms with Crippen molar-refractivity contribution in [3.05, 3.63) is 42.6 Å². The number of para-hydroxylation sites is 2. The van der Waals surface area contributed by atoms with Crippen LogP contribution in [0.5, 0.6) is 17.4 Å². The summed E-state index contributed by atoms with van der Waals surface area (Å²) in [6.45, 7) is 5.28. The molecule has 0 radical (unpaired) electrons. The molecule has 0 aliphatic carbocycles. The van der Waals surface area contributed by atoms with Crippen LogP contribution in [0, 0.1) is 0 Å². The molecule has 0 saturated carbocycles. The van der Waals surface area contributed by atoms with Gasteiger partial charge in [-0.1, -0.05) is 12.1 Å². The maximum absolute atomic E-state index is 5.76. The second-order valence-corrected chi connectivity index (χ2v) is 6.38. The highest BCUT2D eigenvalue weighted by molar-refractivity contribution is 7.80. The number of thiocarbonyl (C=S) groups is 1. The van der Waals surface area contributed by atoms with E-state index in [4.69, 9.17) is 26.4 Å². The Hall–Kier alpha value is -2.42. The third-order valence-electron chi connectivity index (χ3n) is 4.10. The van der Waals surface area contributed by atoms with Crippen molar-refractivity contribution < 1.29 is 14.2 Å². The van der Waals surface area contributed by atoms with Crippen molar-refractivity contribution in [2.24, 2.45) is 0 Å². The van der Waals surface area contributed by atoms with Gasteiger partial charge >= 0.3 is 0 Å². The molecule has 1 aliphatic heterocycles. The quantitative estimate of drug-likeness (QED) is 0.702. The Morgan fingerprint density at radius 2 is 1.96 bits per heavy atom. The number of hydrogen-bond donors (Lipinski definition) is 2. The number of rotatable bonds is 7. The van der Waals surface area contributed by atoms with Crippen LogP contribution in [0.4, 0.5) is 5.69 Å². The van der Waals surface area contributed by atoms with Crippen LogP contribution in [0.3, 0.4) is 0 Å². The van der Waals surface area contributed by atoms with Crippen molar-refractivity contribution >= 4 is 23.0 Å². The Morgan fingerprint density at radius 1 is 1.19 bits per heavy atom. The fourth-order valence-corrected chi connectivity index (χ4v) is 2.88. The third-order valence-corrected chi connectivity index (χ3v) is 4.34. The molecule has 0 spiro atoms. The number of hydrogen-bond acceptors (Lipinski definition) is 6. The predicted octanol–water partition coefficient (Wildman–Crippen LogP) is 2.50. The number of aromatic nitrogens is 1. The zero-order valence-corrected chi connectivity index (χ0v) is 16.1. The predicted molar refractivity (Wildman–Crippen MR) is 109 cm³/mol. The molecule has 2 heterocycles. The van der Waals surface area contributed by atoms with Gasteiger partial charge in [0.1, 0.15) is 0 Å². The fraction of sp³-hybridized carbons (Fsp3) is 0.368. The lowest BCUT2D eigenvalue weighted by Gasteiger charge is -2.26. The molecule has 1 aromatic carbocycles. The van der Waals surface area contributed by atoms with Crippen LogP contribution in [0.15, 0.2) is 42.6 Å². The summed E-state index contributed by atoms with van der Waals surface area (Å²) >= 11 is 5.33. The number of morpholine rings is 1. The van der Waals surface area contributed by atoms with E-state index in [1.54, 1.807) is 19.4 Å². The van der Waals surface area contributed by atoms with Gasteiger partial charge in [0.15, 0.2) is 16.6 Å². The van der Waals surface area contributed by atoms with Crippen LogP contribution in [-0.4, -0.2) is 61.5 Å². The average Bonchev–Trinajstić information content (AvgIpc) is 2.71. The lowest BCUT2D eigenvalue weighted by atomic mass is 10.3. The van der Waals surface area contributed by atoms with Gasteiger partial charge in [0, 0.05) is 32.2 Å². The summed E-state index contributed by atoms with van der Waals surface area (Å²) in [7, 11) is 1.61.